The van der Waals surface area contributed by atoms with Crippen LogP contribution in [0, 0.1) is 0 Å². The molecule has 0 radical (unpaired) electrons. The molecule has 0 aliphatic heterocycles. The maximum Gasteiger partial charge on any atom is 0.236 e. The Bertz CT molecular complexity index is 220. The normalized spacial score (nSPS) is 12.0. The fourth-order valence-corrected chi connectivity index (χ4v) is 1.27. The van der Waals surface area contributed by atoms with Gasteiger partial charge in [0.2, 0.25) is 5.91 Å². The summed E-state index contributed by atoms with van der Waals surface area (Å²) in [6, 6.07) is -0.114. The Balaban J connectivity index is 3.61. The van der Waals surface area contributed by atoms with Crippen molar-refractivity contribution in [2.24, 2.45) is 0 Å². The molecule has 16 heavy (non-hydrogen) atoms. The smallest absolute Gasteiger partial charge is 0.236 e. The van der Waals surface area contributed by atoms with Gasteiger partial charge in [-0.1, -0.05) is 31.4 Å². The Morgan fingerprint density at radius 3 is 2.56 bits per heavy atom. The van der Waals surface area contributed by atoms with E-state index in [9.17, 15) is 4.79 Å². The van der Waals surface area contributed by atoms with Crippen LogP contribution in [0.25, 0.3) is 0 Å². The minimum Gasteiger partial charge on any atom is -0.355 e. The number of hydrogen-bond acceptors (Lipinski definition) is 2. The van der Waals surface area contributed by atoms with E-state index in [2.05, 4.69) is 37.5 Å². The van der Waals surface area contributed by atoms with Crippen LogP contribution in [0.1, 0.15) is 47.0 Å². The molecular formula is C13H26N2O. The standard InChI is InChI=1S/C13H26N2O/c1-5-6-7-9-15-13(16)12(4)14-10-8-11(2)3/h8,12,14H,5-7,9-10H2,1-4H3,(H,15,16). The van der Waals surface area contributed by atoms with Crippen LogP contribution >= 0.6 is 0 Å². The van der Waals surface area contributed by atoms with Gasteiger partial charge in [0.1, 0.15) is 0 Å². The SMILES string of the molecule is CCCCCNC(=O)C(C)NCC=C(C)C. The molecule has 2 N–H and O–H groups in total. The lowest BCUT2D eigenvalue weighted by Crippen LogP contribution is -2.42. The first-order valence-corrected chi connectivity index (χ1v) is 6.22. The van der Waals surface area contributed by atoms with E-state index < -0.39 is 0 Å². The van der Waals surface area contributed by atoms with Crippen molar-refractivity contribution in [1.82, 2.24) is 10.6 Å². The van der Waals surface area contributed by atoms with Gasteiger partial charge in [-0.3, -0.25) is 4.79 Å². The van der Waals surface area contributed by atoms with Gasteiger partial charge < -0.3 is 10.6 Å². The first-order chi connectivity index (χ1) is 7.57. The highest BCUT2D eigenvalue weighted by molar-refractivity contribution is 5.81. The average molecular weight is 226 g/mol. The van der Waals surface area contributed by atoms with Crippen molar-refractivity contribution in [3.63, 3.8) is 0 Å². The maximum absolute atomic E-state index is 11.6. The molecule has 0 rings (SSSR count). The monoisotopic (exact) mass is 226 g/mol. The zero-order valence-corrected chi connectivity index (χ0v) is 11.1. The summed E-state index contributed by atoms with van der Waals surface area (Å²) in [5.74, 6) is 0.0956. The maximum atomic E-state index is 11.6. The second kappa shape index (κ2) is 9.40. The lowest BCUT2D eigenvalue weighted by atomic mass is 10.2. The topological polar surface area (TPSA) is 41.1 Å². The minimum absolute atomic E-state index is 0.0956. The largest absolute Gasteiger partial charge is 0.355 e. The Labute approximate surface area is 99.7 Å². The number of carbonyl (C=O) groups is 1. The number of nitrogens with one attached hydrogen (secondary N) is 2. The highest BCUT2D eigenvalue weighted by Gasteiger charge is 2.09. The fraction of sp³-hybridized carbons (Fsp3) is 0.769. The predicted octanol–water partition coefficient (Wildman–Crippen LogP) is 2.24. The lowest BCUT2D eigenvalue weighted by molar-refractivity contribution is -0.122. The van der Waals surface area contributed by atoms with Gasteiger partial charge in [0.05, 0.1) is 6.04 Å². The van der Waals surface area contributed by atoms with Crippen molar-refractivity contribution in [3.05, 3.63) is 11.6 Å². The molecule has 0 aliphatic carbocycles. The zero-order valence-electron chi connectivity index (χ0n) is 11.1. The van der Waals surface area contributed by atoms with Gasteiger partial charge in [-0.15, -0.1) is 0 Å². The molecule has 1 unspecified atom stereocenters. The van der Waals surface area contributed by atoms with Gasteiger partial charge in [0, 0.05) is 13.1 Å². The third-order valence-electron chi connectivity index (χ3n) is 2.41. The van der Waals surface area contributed by atoms with E-state index in [0.29, 0.717) is 0 Å². The molecule has 0 fully saturated rings. The van der Waals surface area contributed by atoms with Crippen LogP contribution in [0.3, 0.4) is 0 Å². The molecule has 0 aromatic rings. The zero-order chi connectivity index (χ0) is 12.4. The summed E-state index contributed by atoms with van der Waals surface area (Å²) >= 11 is 0. The summed E-state index contributed by atoms with van der Waals surface area (Å²) in [6.07, 6.45) is 5.52. The quantitative estimate of drug-likeness (QED) is 0.492. The molecule has 0 aromatic carbocycles. The van der Waals surface area contributed by atoms with Crippen molar-refractivity contribution < 1.29 is 4.79 Å². The average Bonchev–Trinajstić information content (AvgIpc) is 2.23. The molecule has 0 saturated carbocycles. The van der Waals surface area contributed by atoms with Crippen LogP contribution in [0.4, 0.5) is 0 Å². The third-order valence-corrected chi connectivity index (χ3v) is 2.41. The minimum atomic E-state index is -0.114. The molecule has 0 aliphatic rings. The highest BCUT2D eigenvalue weighted by atomic mass is 16.2. The van der Waals surface area contributed by atoms with Crippen molar-refractivity contribution in [1.29, 1.82) is 0 Å². The number of unbranched alkanes of at least 4 members (excludes halogenated alkanes) is 2. The van der Waals surface area contributed by atoms with Gasteiger partial charge in [0.25, 0.3) is 0 Å². The van der Waals surface area contributed by atoms with E-state index in [-0.39, 0.29) is 11.9 Å². The van der Waals surface area contributed by atoms with E-state index in [1.165, 1.54) is 18.4 Å². The summed E-state index contributed by atoms with van der Waals surface area (Å²) in [5, 5.41) is 6.10. The van der Waals surface area contributed by atoms with E-state index in [0.717, 1.165) is 19.5 Å². The van der Waals surface area contributed by atoms with Gasteiger partial charge in [-0.25, -0.2) is 0 Å². The molecule has 0 aromatic heterocycles. The molecule has 0 bridgehead atoms. The summed E-state index contributed by atoms with van der Waals surface area (Å²) in [7, 11) is 0. The molecule has 1 amide bonds. The first kappa shape index (κ1) is 15.2. The van der Waals surface area contributed by atoms with E-state index in [1.54, 1.807) is 0 Å². The molecule has 1 atom stereocenters. The van der Waals surface area contributed by atoms with E-state index in [4.69, 9.17) is 0 Å². The van der Waals surface area contributed by atoms with Crippen molar-refractivity contribution in [2.45, 2.75) is 53.0 Å². The van der Waals surface area contributed by atoms with Crippen molar-refractivity contribution >= 4 is 5.91 Å². The van der Waals surface area contributed by atoms with Crippen LogP contribution in [-0.4, -0.2) is 25.0 Å². The van der Waals surface area contributed by atoms with Crippen molar-refractivity contribution in [2.75, 3.05) is 13.1 Å². The highest BCUT2D eigenvalue weighted by Crippen LogP contribution is 1.92. The molecule has 0 spiro atoms. The van der Waals surface area contributed by atoms with Crippen LogP contribution < -0.4 is 10.6 Å². The van der Waals surface area contributed by atoms with Crippen LogP contribution in [0.15, 0.2) is 11.6 Å². The first-order valence-electron chi connectivity index (χ1n) is 6.22. The Hall–Kier alpha value is -0.830. The molecule has 94 valence electrons. The second-order valence-electron chi connectivity index (χ2n) is 4.41. The molecule has 0 saturated heterocycles. The van der Waals surface area contributed by atoms with E-state index >= 15 is 0 Å². The summed E-state index contributed by atoms with van der Waals surface area (Å²) in [4.78, 5) is 11.6. The van der Waals surface area contributed by atoms with Crippen molar-refractivity contribution in [3.8, 4) is 0 Å². The van der Waals surface area contributed by atoms with Gasteiger partial charge in [0.15, 0.2) is 0 Å². The summed E-state index contributed by atoms with van der Waals surface area (Å²) in [5.41, 5.74) is 1.27. The predicted molar refractivity (Wildman–Crippen MR) is 69.4 cm³/mol. The number of hydrogen-bond donors (Lipinski definition) is 2. The lowest BCUT2D eigenvalue weighted by Gasteiger charge is -2.12. The Morgan fingerprint density at radius 1 is 1.31 bits per heavy atom. The van der Waals surface area contributed by atoms with Crippen LogP contribution in [0.5, 0.6) is 0 Å². The Morgan fingerprint density at radius 2 is 2.00 bits per heavy atom. The number of allylic oxidation sites excluding steroid dienone is 1. The fourth-order valence-electron chi connectivity index (χ4n) is 1.27. The van der Waals surface area contributed by atoms with Crippen LogP contribution in [-0.2, 0) is 4.79 Å². The van der Waals surface area contributed by atoms with Gasteiger partial charge in [-0.2, -0.15) is 0 Å². The molecular weight excluding hydrogens is 200 g/mol. The number of rotatable bonds is 8. The molecule has 3 nitrogen and oxygen atoms in total. The molecule has 3 heteroatoms. The Kier molecular flexibility index (Phi) is 8.91. The summed E-state index contributed by atoms with van der Waals surface area (Å²) < 4.78 is 0. The third kappa shape index (κ3) is 8.48. The second-order valence-corrected chi connectivity index (χ2v) is 4.41. The number of carbonyl (C=O) groups excluding carboxylic acids is 1. The van der Waals surface area contributed by atoms with Crippen LogP contribution in [0.2, 0.25) is 0 Å². The van der Waals surface area contributed by atoms with E-state index in [1.807, 2.05) is 6.92 Å². The summed E-state index contributed by atoms with van der Waals surface area (Å²) in [6.45, 7) is 9.71. The van der Waals surface area contributed by atoms with Gasteiger partial charge in [-0.05, 0) is 27.2 Å². The molecule has 0 heterocycles. The number of amides is 1. The van der Waals surface area contributed by atoms with Gasteiger partial charge >= 0.3 is 0 Å².